The van der Waals surface area contributed by atoms with Gasteiger partial charge in [-0.1, -0.05) is 72.8 Å². The van der Waals surface area contributed by atoms with E-state index in [0.29, 0.717) is 17.9 Å². The van der Waals surface area contributed by atoms with E-state index in [1.54, 1.807) is 18.2 Å². The van der Waals surface area contributed by atoms with Gasteiger partial charge in [0.15, 0.2) is 0 Å². The van der Waals surface area contributed by atoms with Crippen LogP contribution >= 0.6 is 0 Å². The molecule has 0 bridgehead atoms. The van der Waals surface area contributed by atoms with Gasteiger partial charge in [-0.3, -0.25) is 19.4 Å². The Hall–Kier alpha value is -4.13. The molecule has 0 saturated carbocycles. The number of fused-ring (bicyclic) bond motifs is 1. The van der Waals surface area contributed by atoms with Gasteiger partial charge in [-0.05, 0) is 43.0 Å². The zero-order chi connectivity index (χ0) is 24.6. The van der Waals surface area contributed by atoms with Gasteiger partial charge in [0.2, 0.25) is 11.8 Å². The fourth-order valence-corrected chi connectivity index (χ4v) is 4.15. The maximum Gasteiger partial charge on any atom is 0.322 e. The van der Waals surface area contributed by atoms with Crippen molar-refractivity contribution in [1.29, 1.82) is 0 Å². The molecule has 1 atom stereocenters. The van der Waals surface area contributed by atoms with E-state index in [1.165, 1.54) is 15.4 Å². The van der Waals surface area contributed by atoms with E-state index in [0.717, 1.165) is 18.4 Å². The Kier molecular flexibility index (Phi) is 7.77. The lowest BCUT2D eigenvalue weighted by atomic mass is 10.1. The second-order valence-corrected chi connectivity index (χ2v) is 8.69. The van der Waals surface area contributed by atoms with Gasteiger partial charge in [0.05, 0.1) is 11.4 Å². The van der Waals surface area contributed by atoms with Crippen LogP contribution in [-0.4, -0.2) is 37.0 Å². The summed E-state index contributed by atoms with van der Waals surface area (Å²) in [6.07, 6.45) is 1.66. The molecule has 3 aromatic rings. The summed E-state index contributed by atoms with van der Waals surface area (Å²) in [5.74, 6) is -0.527. The third-order valence-electron chi connectivity index (χ3n) is 6.01. The van der Waals surface area contributed by atoms with Crippen LogP contribution in [0.15, 0.2) is 84.9 Å². The van der Waals surface area contributed by atoms with Crippen molar-refractivity contribution in [2.75, 3.05) is 22.9 Å². The number of para-hydroxylation sites is 2. The van der Waals surface area contributed by atoms with Gasteiger partial charge in [0.25, 0.3) is 0 Å². The number of hydrogen-bond acceptors (Lipinski definition) is 3. The summed E-state index contributed by atoms with van der Waals surface area (Å²) >= 11 is 0. The number of nitrogens with one attached hydrogen (secondary N) is 2. The van der Waals surface area contributed by atoms with Crippen LogP contribution < -0.4 is 20.4 Å². The van der Waals surface area contributed by atoms with Crippen molar-refractivity contribution < 1.29 is 14.4 Å². The predicted octanol–water partition coefficient (Wildman–Crippen LogP) is 3.89. The zero-order valence-electron chi connectivity index (χ0n) is 19.8. The van der Waals surface area contributed by atoms with Crippen LogP contribution in [0.3, 0.4) is 0 Å². The van der Waals surface area contributed by atoms with E-state index in [2.05, 4.69) is 22.8 Å². The van der Waals surface area contributed by atoms with Crippen molar-refractivity contribution in [2.24, 2.45) is 0 Å². The number of amides is 4. The highest BCUT2D eigenvalue weighted by Crippen LogP contribution is 2.33. The van der Waals surface area contributed by atoms with Gasteiger partial charge < -0.3 is 10.6 Å². The molecule has 0 fully saturated rings. The number of hydrogen-bond donors (Lipinski definition) is 2. The average molecular weight is 471 g/mol. The molecule has 2 N–H and O–H groups in total. The minimum Gasteiger partial charge on any atom is -0.352 e. The zero-order valence-corrected chi connectivity index (χ0v) is 19.8. The van der Waals surface area contributed by atoms with Crippen LogP contribution in [0.1, 0.15) is 24.5 Å². The van der Waals surface area contributed by atoms with Crippen LogP contribution in [-0.2, 0) is 22.6 Å². The molecule has 0 saturated heterocycles. The normalized spacial score (nSPS) is 13.7. The van der Waals surface area contributed by atoms with E-state index >= 15 is 0 Å². The fraction of sp³-hybridized carbons (Fsp3) is 0.250. The van der Waals surface area contributed by atoms with Crippen molar-refractivity contribution in [1.82, 2.24) is 10.6 Å². The van der Waals surface area contributed by atoms with E-state index in [9.17, 15) is 14.4 Å². The molecule has 1 aliphatic rings. The number of anilines is 2. The van der Waals surface area contributed by atoms with Crippen molar-refractivity contribution in [3.8, 4) is 0 Å². The SMILES string of the molecule is C[C@@H](CCc1ccccc1)NC(=O)CN1C(=O)CN(C(=O)NCc2ccccc2)c2ccccc21. The summed E-state index contributed by atoms with van der Waals surface area (Å²) in [5.41, 5.74) is 3.34. The molecule has 0 spiro atoms. The minimum absolute atomic E-state index is 0.0295. The molecular weight excluding hydrogens is 440 g/mol. The third kappa shape index (κ3) is 6.26. The number of nitrogens with zero attached hydrogens (tertiary/aromatic N) is 2. The highest BCUT2D eigenvalue weighted by Gasteiger charge is 2.33. The van der Waals surface area contributed by atoms with Crippen LogP contribution in [0.2, 0.25) is 0 Å². The van der Waals surface area contributed by atoms with Gasteiger partial charge >= 0.3 is 6.03 Å². The van der Waals surface area contributed by atoms with Crippen LogP contribution in [0, 0.1) is 0 Å². The van der Waals surface area contributed by atoms with E-state index in [-0.39, 0.29) is 37.0 Å². The first-order chi connectivity index (χ1) is 17.0. The molecule has 4 rings (SSSR count). The fourth-order valence-electron chi connectivity index (χ4n) is 4.15. The van der Waals surface area contributed by atoms with Gasteiger partial charge in [-0.15, -0.1) is 0 Å². The molecule has 1 heterocycles. The second-order valence-electron chi connectivity index (χ2n) is 8.69. The lowest BCUT2D eigenvalue weighted by Crippen LogP contribution is -2.53. The van der Waals surface area contributed by atoms with Gasteiger partial charge in [-0.2, -0.15) is 0 Å². The minimum atomic E-state index is -0.353. The van der Waals surface area contributed by atoms with E-state index in [1.807, 2.05) is 61.5 Å². The Morgan fingerprint density at radius 2 is 1.46 bits per heavy atom. The van der Waals surface area contributed by atoms with Crippen LogP contribution in [0.25, 0.3) is 0 Å². The van der Waals surface area contributed by atoms with Gasteiger partial charge in [0.1, 0.15) is 13.1 Å². The van der Waals surface area contributed by atoms with Crippen molar-refractivity contribution in [3.05, 3.63) is 96.1 Å². The van der Waals surface area contributed by atoms with E-state index < -0.39 is 0 Å². The maximum atomic E-state index is 13.0. The molecule has 1 aliphatic heterocycles. The quantitative estimate of drug-likeness (QED) is 0.524. The topological polar surface area (TPSA) is 81.8 Å². The highest BCUT2D eigenvalue weighted by molar-refractivity contribution is 6.12. The number of aryl methyl sites for hydroxylation is 1. The smallest absolute Gasteiger partial charge is 0.322 e. The Morgan fingerprint density at radius 1 is 0.857 bits per heavy atom. The number of benzene rings is 3. The molecular formula is C28H30N4O3. The lowest BCUT2D eigenvalue weighted by Gasteiger charge is -2.35. The van der Waals surface area contributed by atoms with Crippen LogP contribution in [0.4, 0.5) is 16.2 Å². The second kappa shape index (κ2) is 11.3. The molecule has 0 radical (unpaired) electrons. The summed E-state index contributed by atoms with van der Waals surface area (Å²) in [6, 6.07) is 26.5. The number of rotatable bonds is 8. The van der Waals surface area contributed by atoms with Crippen molar-refractivity contribution in [3.63, 3.8) is 0 Å². The Bertz CT molecular complexity index is 1170. The van der Waals surface area contributed by atoms with E-state index in [4.69, 9.17) is 0 Å². The Morgan fingerprint density at radius 3 is 2.14 bits per heavy atom. The summed E-state index contributed by atoms with van der Waals surface area (Å²) in [5, 5.41) is 5.87. The monoisotopic (exact) mass is 470 g/mol. The Balaban J connectivity index is 1.37. The molecule has 7 heteroatoms. The number of carbonyl (C=O) groups excluding carboxylic acids is 3. The summed E-state index contributed by atoms with van der Waals surface area (Å²) in [6.45, 7) is 2.10. The van der Waals surface area contributed by atoms with Crippen molar-refractivity contribution in [2.45, 2.75) is 32.4 Å². The summed E-state index contributed by atoms with van der Waals surface area (Å²) in [7, 11) is 0. The molecule has 3 aromatic carbocycles. The molecule has 0 unspecified atom stereocenters. The first-order valence-electron chi connectivity index (χ1n) is 11.8. The number of carbonyl (C=O) groups is 3. The standard InChI is InChI=1S/C28H30N4O3/c1-21(16-17-22-10-4-2-5-11-22)30-26(33)19-31-24-14-8-9-15-25(24)32(20-27(31)34)28(35)29-18-23-12-6-3-7-13-23/h2-15,21H,16-20H2,1H3,(H,29,35)(H,30,33)/t21-/m0/s1. The largest absolute Gasteiger partial charge is 0.352 e. The third-order valence-corrected chi connectivity index (χ3v) is 6.01. The predicted molar refractivity (Wildman–Crippen MR) is 137 cm³/mol. The highest BCUT2D eigenvalue weighted by atomic mass is 16.2. The summed E-state index contributed by atoms with van der Waals surface area (Å²) in [4.78, 5) is 41.6. The molecule has 7 nitrogen and oxygen atoms in total. The lowest BCUT2D eigenvalue weighted by molar-refractivity contribution is -0.123. The molecule has 0 aromatic heterocycles. The first-order valence-corrected chi connectivity index (χ1v) is 11.8. The van der Waals surface area contributed by atoms with Crippen LogP contribution in [0.5, 0.6) is 0 Å². The Labute approximate surface area is 205 Å². The van der Waals surface area contributed by atoms with Gasteiger partial charge in [-0.25, -0.2) is 4.79 Å². The van der Waals surface area contributed by atoms with Gasteiger partial charge in [0, 0.05) is 12.6 Å². The molecule has 35 heavy (non-hydrogen) atoms. The average Bonchev–Trinajstić information content (AvgIpc) is 2.88. The summed E-state index contributed by atoms with van der Waals surface area (Å²) < 4.78 is 0. The first kappa shape index (κ1) is 24.0. The van der Waals surface area contributed by atoms with Crippen molar-refractivity contribution >= 4 is 29.2 Å². The maximum absolute atomic E-state index is 13.0. The molecule has 0 aliphatic carbocycles. The molecule has 180 valence electrons. The molecule has 4 amide bonds. The number of urea groups is 1.